The van der Waals surface area contributed by atoms with E-state index >= 15 is 0 Å². The van der Waals surface area contributed by atoms with E-state index < -0.39 is 0 Å². The molecule has 0 N–H and O–H groups in total. The zero-order chi connectivity index (χ0) is 17.3. The van der Waals surface area contributed by atoms with Gasteiger partial charge in [-0.1, -0.05) is 42.5 Å². The summed E-state index contributed by atoms with van der Waals surface area (Å²) < 4.78 is 0. The van der Waals surface area contributed by atoms with Crippen molar-refractivity contribution >= 4 is 22.3 Å². The normalized spacial score (nSPS) is 13.2. The van der Waals surface area contributed by atoms with Gasteiger partial charge in [0.15, 0.2) is 5.82 Å². The van der Waals surface area contributed by atoms with Crippen LogP contribution >= 0.6 is 0 Å². The van der Waals surface area contributed by atoms with Crippen molar-refractivity contribution in [1.29, 1.82) is 0 Å². The maximum Gasteiger partial charge on any atom is 0.163 e. The first-order valence-electron chi connectivity index (χ1n) is 8.89. The Morgan fingerprint density at radius 2 is 1.58 bits per heavy atom. The van der Waals surface area contributed by atoms with E-state index in [1.807, 2.05) is 24.5 Å². The monoisotopic (exact) mass is 338 g/mol. The highest BCUT2D eigenvalue weighted by Gasteiger charge is 2.23. The number of aromatic nitrogens is 3. The summed E-state index contributed by atoms with van der Waals surface area (Å²) in [5, 5.41) is 11.6. The minimum Gasteiger partial charge on any atom is -0.324 e. The van der Waals surface area contributed by atoms with Crippen LogP contribution in [0.4, 0.5) is 11.5 Å². The second kappa shape index (κ2) is 6.23. The Kier molecular flexibility index (Phi) is 3.60. The molecule has 0 saturated carbocycles. The molecule has 0 unspecified atom stereocenters. The highest BCUT2D eigenvalue weighted by Crippen LogP contribution is 2.37. The molecule has 4 nitrogen and oxygen atoms in total. The molecule has 0 amide bonds. The molecule has 5 rings (SSSR count). The van der Waals surface area contributed by atoms with Crippen LogP contribution in [0.15, 0.2) is 73.1 Å². The van der Waals surface area contributed by atoms with Gasteiger partial charge in [0.05, 0.1) is 5.69 Å². The quantitative estimate of drug-likeness (QED) is 0.558. The summed E-state index contributed by atoms with van der Waals surface area (Å²) in [4.78, 5) is 6.39. The highest BCUT2D eigenvalue weighted by molar-refractivity contribution is 5.95. The molecule has 0 atom stereocenters. The van der Waals surface area contributed by atoms with Crippen LogP contribution in [0.3, 0.4) is 0 Å². The molecule has 4 heteroatoms. The molecule has 1 aliphatic heterocycles. The average Bonchev–Trinajstić information content (AvgIpc) is 3.13. The molecule has 3 heterocycles. The zero-order valence-electron chi connectivity index (χ0n) is 14.3. The Balaban J connectivity index is 1.62. The van der Waals surface area contributed by atoms with E-state index in [0.717, 1.165) is 36.3 Å². The standard InChI is InChI=1S/C22H18N4/c1-4-8-21-17(5-1)11-14-26(21)22-19-7-3-2-6-18(19)20(24-25-22)15-16-9-12-23-13-10-16/h1-10,12-13H,11,14-15H2. The first-order valence-corrected chi connectivity index (χ1v) is 8.89. The molecule has 4 aromatic rings. The minimum absolute atomic E-state index is 0.757. The lowest BCUT2D eigenvalue weighted by Gasteiger charge is -2.20. The van der Waals surface area contributed by atoms with Gasteiger partial charge in [0.2, 0.25) is 0 Å². The number of rotatable bonds is 3. The van der Waals surface area contributed by atoms with E-state index in [1.165, 1.54) is 22.2 Å². The Morgan fingerprint density at radius 3 is 2.46 bits per heavy atom. The maximum absolute atomic E-state index is 4.64. The predicted octanol–water partition coefficient (Wildman–Crippen LogP) is 4.31. The van der Waals surface area contributed by atoms with Crippen molar-refractivity contribution in [3.05, 3.63) is 89.9 Å². The van der Waals surface area contributed by atoms with Gasteiger partial charge in [-0.3, -0.25) is 4.98 Å². The number of nitrogens with zero attached hydrogens (tertiary/aromatic N) is 4. The lowest BCUT2D eigenvalue weighted by atomic mass is 10.0. The van der Waals surface area contributed by atoms with Crippen molar-refractivity contribution < 1.29 is 0 Å². The van der Waals surface area contributed by atoms with Crippen LogP contribution in [0.25, 0.3) is 10.8 Å². The second-order valence-electron chi connectivity index (χ2n) is 6.58. The third-order valence-electron chi connectivity index (χ3n) is 5.01. The molecule has 0 fully saturated rings. The summed E-state index contributed by atoms with van der Waals surface area (Å²) >= 11 is 0. The van der Waals surface area contributed by atoms with Crippen molar-refractivity contribution in [2.75, 3.05) is 11.4 Å². The van der Waals surface area contributed by atoms with Crippen LogP contribution < -0.4 is 4.90 Å². The largest absolute Gasteiger partial charge is 0.324 e. The molecule has 0 bridgehead atoms. The fourth-order valence-corrected chi connectivity index (χ4v) is 3.73. The van der Waals surface area contributed by atoms with Crippen LogP contribution in [-0.2, 0) is 12.8 Å². The van der Waals surface area contributed by atoms with Crippen LogP contribution in [0.5, 0.6) is 0 Å². The van der Waals surface area contributed by atoms with Gasteiger partial charge in [-0.05, 0) is 35.7 Å². The van der Waals surface area contributed by atoms with E-state index in [0.29, 0.717) is 0 Å². The highest BCUT2D eigenvalue weighted by atomic mass is 15.3. The van der Waals surface area contributed by atoms with E-state index in [1.54, 1.807) is 0 Å². The summed E-state index contributed by atoms with van der Waals surface area (Å²) in [5.74, 6) is 0.948. The number of benzene rings is 2. The van der Waals surface area contributed by atoms with Crippen molar-refractivity contribution in [3.8, 4) is 0 Å². The number of anilines is 2. The fraction of sp³-hybridized carbons (Fsp3) is 0.136. The van der Waals surface area contributed by atoms with Crippen LogP contribution in [-0.4, -0.2) is 21.7 Å². The Bertz CT molecular complexity index is 1080. The fourth-order valence-electron chi connectivity index (χ4n) is 3.73. The second-order valence-corrected chi connectivity index (χ2v) is 6.58. The van der Waals surface area contributed by atoms with Gasteiger partial charge < -0.3 is 4.90 Å². The molecule has 0 aliphatic carbocycles. The lowest BCUT2D eigenvalue weighted by Crippen LogP contribution is -2.16. The first-order chi connectivity index (χ1) is 12.9. The Morgan fingerprint density at radius 1 is 0.808 bits per heavy atom. The van der Waals surface area contributed by atoms with Gasteiger partial charge in [-0.15, -0.1) is 5.10 Å². The number of hydrogen-bond donors (Lipinski definition) is 0. The van der Waals surface area contributed by atoms with Crippen molar-refractivity contribution in [2.45, 2.75) is 12.8 Å². The van der Waals surface area contributed by atoms with Gasteiger partial charge in [-0.2, -0.15) is 5.10 Å². The van der Waals surface area contributed by atoms with E-state index in [4.69, 9.17) is 0 Å². The average molecular weight is 338 g/mol. The summed E-state index contributed by atoms with van der Waals surface area (Å²) in [5.41, 5.74) is 4.81. The molecule has 0 saturated heterocycles. The third kappa shape index (κ3) is 2.51. The van der Waals surface area contributed by atoms with Gasteiger partial charge in [-0.25, -0.2) is 0 Å². The number of pyridine rings is 1. The zero-order valence-corrected chi connectivity index (χ0v) is 14.3. The van der Waals surface area contributed by atoms with E-state index in [-0.39, 0.29) is 0 Å². The molecular formula is C22H18N4. The molecule has 2 aromatic carbocycles. The summed E-state index contributed by atoms with van der Waals surface area (Å²) in [6, 6.07) is 21.1. The molecule has 0 radical (unpaired) electrons. The number of hydrogen-bond acceptors (Lipinski definition) is 4. The molecule has 1 aliphatic rings. The van der Waals surface area contributed by atoms with Gasteiger partial charge in [0.25, 0.3) is 0 Å². The van der Waals surface area contributed by atoms with Crippen molar-refractivity contribution in [2.24, 2.45) is 0 Å². The topological polar surface area (TPSA) is 41.9 Å². The lowest BCUT2D eigenvalue weighted by molar-refractivity contribution is 0.908. The smallest absolute Gasteiger partial charge is 0.163 e. The third-order valence-corrected chi connectivity index (χ3v) is 5.01. The SMILES string of the molecule is c1ccc2c(c1)CCN2c1nnc(Cc2ccncc2)c2ccccc12. The van der Waals surface area contributed by atoms with Gasteiger partial charge in [0, 0.05) is 41.8 Å². The van der Waals surface area contributed by atoms with Crippen LogP contribution in [0, 0.1) is 0 Å². The van der Waals surface area contributed by atoms with Crippen LogP contribution in [0.2, 0.25) is 0 Å². The summed E-state index contributed by atoms with van der Waals surface area (Å²) in [7, 11) is 0. The summed E-state index contributed by atoms with van der Waals surface area (Å²) in [6.45, 7) is 0.946. The number of fused-ring (bicyclic) bond motifs is 2. The minimum atomic E-state index is 0.757. The molecule has 0 spiro atoms. The maximum atomic E-state index is 4.64. The van der Waals surface area contributed by atoms with Crippen LogP contribution in [0.1, 0.15) is 16.8 Å². The summed E-state index contributed by atoms with van der Waals surface area (Å²) in [6.07, 6.45) is 5.44. The first kappa shape index (κ1) is 15.0. The molecule has 126 valence electrons. The van der Waals surface area contributed by atoms with E-state index in [2.05, 4.69) is 68.6 Å². The van der Waals surface area contributed by atoms with Crippen molar-refractivity contribution in [3.63, 3.8) is 0 Å². The van der Waals surface area contributed by atoms with Crippen molar-refractivity contribution in [1.82, 2.24) is 15.2 Å². The number of para-hydroxylation sites is 1. The van der Waals surface area contributed by atoms with Gasteiger partial charge >= 0.3 is 0 Å². The van der Waals surface area contributed by atoms with E-state index in [9.17, 15) is 0 Å². The molecule has 26 heavy (non-hydrogen) atoms. The van der Waals surface area contributed by atoms with Gasteiger partial charge in [0.1, 0.15) is 0 Å². The Labute approximate surface area is 152 Å². The molecule has 2 aromatic heterocycles. The predicted molar refractivity (Wildman–Crippen MR) is 104 cm³/mol. The Hall–Kier alpha value is -3.27. The molecular weight excluding hydrogens is 320 g/mol.